The zero-order valence-electron chi connectivity index (χ0n) is 9.95. The first-order valence-electron chi connectivity index (χ1n) is 5.39. The fourth-order valence-electron chi connectivity index (χ4n) is 1.52. The van der Waals surface area contributed by atoms with E-state index >= 15 is 0 Å². The normalized spacial score (nSPS) is 10.3. The molecule has 2 rings (SSSR count). The summed E-state index contributed by atoms with van der Waals surface area (Å²) in [5.41, 5.74) is 1.33. The number of benzene rings is 1. The summed E-state index contributed by atoms with van der Waals surface area (Å²) in [7, 11) is 0. The minimum absolute atomic E-state index is 0.0973. The van der Waals surface area contributed by atoms with Crippen LogP contribution in [0.4, 0.5) is 5.69 Å². The van der Waals surface area contributed by atoms with E-state index < -0.39 is 5.91 Å². The van der Waals surface area contributed by atoms with Crippen molar-refractivity contribution in [2.75, 3.05) is 5.32 Å². The first-order valence-corrected chi connectivity index (χ1v) is 6.15. The zero-order valence-corrected chi connectivity index (χ0v) is 11.5. The molecule has 1 aromatic heterocycles. The summed E-state index contributed by atoms with van der Waals surface area (Å²) in [6, 6.07) is 5.95. The van der Waals surface area contributed by atoms with Crippen LogP contribution in [0.1, 0.15) is 15.9 Å². The molecular formula is C13H10Cl2N2O2. The van der Waals surface area contributed by atoms with Gasteiger partial charge in [0.1, 0.15) is 10.9 Å². The lowest BCUT2D eigenvalue weighted by Gasteiger charge is -2.08. The minimum Gasteiger partial charge on any atom is -0.507 e. The zero-order chi connectivity index (χ0) is 14.0. The second-order valence-corrected chi connectivity index (χ2v) is 4.74. The van der Waals surface area contributed by atoms with E-state index in [1.54, 1.807) is 13.0 Å². The summed E-state index contributed by atoms with van der Waals surface area (Å²) in [5, 5.41) is 13.0. The van der Waals surface area contributed by atoms with Gasteiger partial charge >= 0.3 is 0 Å². The molecule has 2 aromatic rings. The first-order chi connectivity index (χ1) is 8.97. The molecule has 1 amide bonds. The molecule has 0 aliphatic rings. The second kappa shape index (κ2) is 5.47. The number of rotatable bonds is 2. The minimum atomic E-state index is -0.469. The van der Waals surface area contributed by atoms with Crippen LogP contribution in [-0.4, -0.2) is 16.0 Å². The fourth-order valence-corrected chi connectivity index (χ4v) is 1.79. The summed E-state index contributed by atoms with van der Waals surface area (Å²) in [6.45, 7) is 1.78. The number of carbonyl (C=O) groups is 1. The average molecular weight is 297 g/mol. The molecule has 0 saturated carbocycles. The Hall–Kier alpha value is -1.78. The topological polar surface area (TPSA) is 62.2 Å². The summed E-state index contributed by atoms with van der Waals surface area (Å²) < 4.78 is 0. The number of amides is 1. The predicted octanol–water partition coefficient (Wildman–Crippen LogP) is 3.65. The molecule has 0 saturated heterocycles. The van der Waals surface area contributed by atoms with Crippen molar-refractivity contribution in [3.8, 4) is 5.75 Å². The Balaban J connectivity index is 2.25. The second-order valence-electron chi connectivity index (χ2n) is 3.95. The molecule has 0 spiro atoms. The van der Waals surface area contributed by atoms with Gasteiger partial charge < -0.3 is 10.4 Å². The number of pyridine rings is 1. The van der Waals surface area contributed by atoms with Crippen LogP contribution < -0.4 is 5.32 Å². The molecule has 0 aliphatic carbocycles. The van der Waals surface area contributed by atoms with Crippen LogP contribution in [-0.2, 0) is 0 Å². The Morgan fingerprint density at radius 3 is 2.74 bits per heavy atom. The van der Waals surface area contributed by atoms with Gasteiger partial charge in [-0.3, -0.25) is 4.79 Å². The van der Waals surface area contributed by atoms with Crippen molar-refractivity contribution in [1.82, 2.24) is 4.98 Å². The number of carbonyl (C=O) groups excluding carboxylic acids is 1. The number of aryl methyl sites for hydroxylation is 1. The van der Waals surface area contributed by atoms with Gasteiger partial charge in [-0.2, -0.15) is 0 Å². The van der Waals surface area contributed by atoms with Crippen LogP contribution >= 0.6 is 23.2 Å². The molecular weight excluding hydrogens is 287 g/mol. The van der Waals surface area contributed by atoms with Crippen molar-refractivity contribution in [3.63, 3.8) is 0 Å². The number of hydrogen-bond donors (Lipinski definition) is 2. The Kier molecular flexibility index (Phi) is 3.93. The quantitative estimate of drug-likeness (QED) is 0.832. The van der Waals surface area contributed by atoms with E-state index in [2.05, 4.69) is 10.3 Å². The van der Waals surface area contributed by atoms with Gasteiger partial charge in [0.25, 0.3) is 5.91 Å². The van der Waals surface area contributed by atoms with Crippen LogP contribution in [0.15, 0.2) is 30.5 Å². The number of aromatic hydroxyl groups is 1. The number of aromatic nitrogens is 1. The molecule has 1 heterocycles. The predicted molar refractivity (Wildman–Crippen MR) is 75.1 cm³/mol. The third-order valence-electron chi connectivity index (χ3n) is 2.48. The number of halogens is 2. The van der Waals surface area contributed by atoms with Crippen molar-refractivity contribution >= 4 is 34.8 Å². The summed E-state index contributed by atoms with van der Waals surface area (Å²) in [5.74, 6) is -0.607. The highest BCUT2D eigenvalue weighted by atomic mass is 35.5. The number of phenolic OH excluding ortho intramolecular Hbond substituents is 1. The summed E-state index contributed by atoms with van der Waals surface area (Å²) in [4.78, 5) is 15.9. The smallest absolute Gasteiger partial charge is 0.259 e. The Bertz CT molecular complexity index is 645. The van der Waals surface area contributed by atoms with Crippen molar-refractivity contribution < 1.29 is 9.90 Å². The third-order valence-corrected chi connectivity index (χ3v) is 3.11. The standard InChI is InChI=1S/C13H10Cl2N2O2/c1-7-4-9(6-16-12(7)15)17-13(19)10-5-8(14)2-3-11(10)18/h2-6,18H,1H3,(H,17,19). The van der Waals surface area contributed by atoms with Gasteiger partial charge in [0.2, 0.25) is 0 Å². The molecule has 0 bridgehead atoms. The molecule has 19 heavy (non-hydrogen) atoms. The maximum Gasteiger partial charge on any atom is 0.259 e. The van der Waals surface area contributed by atoms with Crippen molar-refractivity contribution in [2.24, 2.45) is 0 Å². The maximum absolute atomic E-state index is 12.0. The van der Waals surface area contributed by atoms with E-state index in [1.165, 1.54) is 24.4 Å². The molecule has 98 valence electrons. The van der Waals surface area contributed by atoms with Crippen molar-refractivity contribution in [2.45, 2.75) is 6.92 Å². The van der Waals surface area contributed by atoms with Gasteiger partial charge in [-0.05, 0) is 36.8 Å². The van der Waals surface area contributed by atoms with Crippen LogP contribution in [0, 0.1) is 6.92 Å². The monoisotopic (exact) mass is 296 g/mol. The van der Waals surface area contributed by atoms with Crippen LogP contribution in [0.3, 0.4) is 0 Å². The van der Waals surface area contributed by atoms with Gasteiger partial charge in [-0.15, -0.1) is 0 Å². The van der Waals surface area contributed by atoms with E-state index in [0.29, 0.717) is 15.9 Å². The van der Waals surface area contributed by atoms with Gasteiger partial charge in [-0.1, -0.05) is 23.2 Å². The average Bonchev–Trinajstić information content (AvgIpc) is 2.36. The molecule has 1 aromatic carbocycles. The third kappa shape index (κ3) is 3.16. The number of nitrogens with zero attached hydrogens (tertiary/aromatic N) is 1. The molecule has 0 radical (unpaired) electrons. The number of hydrogen-bond acceptors (Lipinski definition) is 3. The fraction of sp³-hybridized carbons (Fsp3) is 0.0769. The van der Waals surface area contributed by atoms with Crippen LogP contribution in [0.2, 0.25) is 10.2 Å². The molecule has 0 atom stereocenters. The van der Waals surface area contributed by atoms with E-state index in [9.17, 15) is 9.90 Å². The lowest BCUT2D eigenvalue weighted by atomic mass is 10.2. The molecule has 0 unspecified atom stereocenters. The molecule has 4 nitrogen and oxygen atoms in total. The highest BCUT2D eigenvalue weighted by molar-refractivity contribution is 6.31. The molecule has 2 N–H and O–H groups in total. The maximum atomic E-state index is 12.0. The number of phenols is 1. The lowest BCUT2D eigenvalue weighted by molar-refractivity contribution is 0.102. The van der Waals surface area contributed by atoms with Crippen molar-refractivity contribution in [1.29, 1.82) is 0 Å². The van der Waals surface area contributed by atoms with Gasteiger partial charge in [0, 0.05) is 5.02 Å². The molecule has 0 fully saturated rings. The lowest BCUT2D eigenvalue weighted by Crippen LogP contribution is -2.12. The SMILES string of the molecule is Cc1cc(NC(=O)c2cc(Cl)ccc2O)cnc1Cl. The summed E-state index contributed by atoms with van der Waals surface area (Å²) in [6.07, 6.45) is 1.44. The molecule has 0 aliphatic heterocycles. The summed E-state index contributed by atoms with van der Waals surface area (Å²) >= 11 is 11.6. The highest BCUT2D eigenvalue weighted by Gasteiger charge is 2.12. The highest BCUT2D eigenvalue weighted by Crippen LogP contribution is 2.23. The van der Waals surface area contributed by atoms with Crippen LogP contribution in [0.25, 0.3) is 0 Å². The Labute approximate surface area is 120 Å². The van der Waals surface area contributed by atoms with E-state index in [-0.39, 0.29) is 11.3 Å². The van der Waals surface area contributed by atoms with Gasteiger partial charge in [-0.25, -0.2) is 4.98 Å². The van der Waals surface area contributed by atoms with Crippen LogP contribution in [0.5, 0.6) is 5.75 Å². The Morgan fingerprint density at radius 2 is 2.05 bits per heavy atom. The van der Waals surface area contributed by atoms with Gasteiger partial charge in [0.15, 0.2) is 0 Å². The van der Waals surface area contributed by atoms with E-state index in [4.69, 9.17) is 23.2 Å². The van der Waals surface area contributed by atoms with Crippen molar-refractivity contribution in [3.05, 3.63) is 51.8 Å². The molecule has 6 heteroatoms. The van der Waals surface area contributed by atoms with E-state index in [1.807, 2.05) is 0 Å². The first kappa shape index (κ1) is 13.6. The van der Waals surface area contributed by atoms with E-state index in [0.717, 1.165) is 5.56 Å². The largest absolute Gasteiger partial charge is 0.507 e. The number of nitrogens with one attached hydrogen (secondary N) is 1. The number of anilines is 1. The van der Waals surface area contributed by atoms with Gasteiger partial charge in [0.05, 0.1) is 17.4 Å². The Morgan fingerprint density at radius 1 is 1.32 bits per heavy atom.